The number of benzene rings is 1. The molecular weight excluding hydrogens is 268 g/mol. The molecule has 1 aromatic carbocycles. The number of hydrogen-bond donors (Lipinski definition) is 2. The van der Waals surface area contributed by atoms with Crippen LogP contribution in [0.25, 0.3) is 0 Å². The number of amides is 1. The molecule has 1 heterocycles. The Morgan fingerprint density at radius 3 is 2.89 bits per heavy atom. The molecule has 0 spiro atoms. The van der Waals surface area contributed by atoms with Crippen LogP contribution in [0, 0.1) is 6.92 Å². The Morgan fingerprint density at radius 2 is 2.22 bits per heavy atom. The van der Waals surface area contributed by atoms with Crippen LogP contribution in [-0.2, 0) is 4.74 Å². The second-order valence-corrected chi connectivity index (χ2v) is 4.51. The van der Waals surface area contributed by atoms with Gasteiger partial charge in [-0.05, 0) is 24.6 Å². The van der Waals surface area contributed by atoms with Crippen LogP contribution in [0.4, 0.5) is 13.6 Å². The lowest BCUT2D eigenvalue weighted by molar-refractivity contribution is -0.104. The predicted octanol–water partition coefficient (Wildman–Crippen LogP) is 2.77. The predicted molar refractivity (Wildman–Crippen MR) is 60.0 cm³/mol. The molecule has 0 unspecified atom stereocenters. The molecule has 0 saturated carbocycles. The van der Waals surface area contributed by atoms with Gasteiger partial charge in [0.1, 0.15) is 11.8 Å². The molecule has 1 saturated heterocycles. The molecule has 1 atom stereocenters. The zero-order valence-corrected chi connectivity index (χ0v) is 10.1. The van der Waals surface area contributed by atoms with Crippen LogP contribution in [0.2, 0.25) is 5.02 Å². The second kappa shape index (κ2) is 4.28. The van der Waals surface area contributed by atoms with Crippen LogP contribution in [0.5, 0.6) is 5.75 Å². The van der Waals surface area contributed by atoms with Gasteiger partial charge in [-0.3, -0.25) is 0 Å². The molecule has 0 radical (unpaired) electrons. The number of phenols is 1. The molecule has 4 nitrogen and oxygen atoms in total. The zero-order valence-electron chi connectivity index (χ0n) is 9.34. The van der Waals surface area contributed by atoms with Crippen molar-refractivity contribution in [2.24, 2.45) is 0 Å². The molecule has 1 fully saturated rings. The Kier molecular flexibility index (Phi) is 3.06. The first kappa shape index (κ1) is 12.9. The average molecular weight is 278 g/mol. The summed E-state index contributed by atoms with van der Waals surface area (Å²) in [6.45, 7) is 0.499. The van der Waals surface area contributed by atoms with Gasteiger partial charge in [0.15, 0.2) is 6.61 Å². The molecule has 0 aromatic heterocycles. The maximum atomic E-state index is 13.7. The number of carbonyl (C=O) groups excluding carboxylic acids is 1. The summed E-state index contributed by atoms with van der Waals surface area (Å²) in [5, 5.41) is 12.0. The molecule has 2 N–H and O–H groups in total. The number of aromatic hydroxyl groups is 1. The Bertz CT molecular complexity index is 507. The first-order valence-corrected chi connectivity index (χ1v) is 5.49. The highest BCUT2D eigenvalue weighted by Gasteiger charge is 2.48. The standard InChI is InChI=1S/C11H10ClF2NO3/c1-5-2-6(12)3-7(8(5)16)9-11(13,14)4-18-10(17)15-9/h2-3,9,16H,4H2,1H3,(H,15,17)/t9-/m0/s1. The van der Waals surface area contributed by atoms with E-state index in [2.05, 4.69) is 4.74 Å². The zero-order chi connectivity index (χ0) is 13.5. The van der Waals surface area contributed by atoms with Crippen LogP contribution in [0.15, 0.2) is 12.1 Å². The lowest BCUT2D eigenvalue weighted by Crippen LogP contribution is -2.49. The first-order valence-electron chi connectivity index (χ1n) is 5.11. The number of halogens is 3. The maximum Gasteiger partial charge on any atom is 0.408 e. The maximum absolute atomic E-state index is 13.7. The third kappa shape index (κ3) is 2.20. The van der Waals surface area contributed by atoms with Crippen molar-refractivity contribution >= 4 is 17.7 Å². The van der Waals surface area contributed by atoms with Gasteiger partial charge in [-0.25, -0.2) is 13.6 Å². The normalized spacial score (nSPS) is 22.2. The highest BCUT2D eigenvalue weighted by atomic mass is 35.5. The third-order valence-corrected chi connectivity index (χ3v) is 2.90. The smallest absolute Gasteiger partial charge is 0.408 e. The fraction of sp³-hybridized carbons (Fsp3) is 0.364. The number of aryl methyl sites for hydroxylation is 1. The van der Waals surface area contributed by atoms with Crippen molar-refractivity contribution in [3.05, 3.63) is 28.3 Å². The number of cyclic esters (lactones) is 1. The van der Waals surface area contributed by atoms with Crippen molar-refractivity contribution < 1.29 is 23.4 Å². The van der Waals surface area contributed by atoms with Crippen LogP contribution < -0.4 is 5.32 Å². The number of hydrogen-bond acceptors (Lipinski definition) is 3. The van der Waals surface area contributed by atoms with E-state index < -0.39 is 24.7 Å². The number of alkyl halides is 2. The SMILES string of the molecule is Cc1cc(Cl)cc([C@@H]2NC(=O)OCC2(F)F)c1O. The molecule has 98 valence electrons. The Labute approximate surface area is 107 Å². The summed E-state index contributed by atoms with van der Waals surface area (Å²) in [6.07, 6.45) is -0.956. The molecular formula is C11H10ClF2NO3. The van der Waals surface area contributed by atoms with E-state index >= 15 is 0 Å². The lowest BCUT2D eigenvalue weighted by atomic mass is 9.97. The van der Waals surface area contributed by atoms with E-state index in [0.29, 0.717) is 5.56 Å². The van der Waals surface area contributed by atoms with Crippen molar-refractivity contribution in [1.29, 1.82) is 0 Å². The van der Waals surface area contributed by atoms with Gasteiger partial charge in [0.05, 0.1) is 0 Å². The van der Waals surface area contributed by atoms with Gasteiger partial charge in [0, 0.05) is 10.6 Å². The van der Waals surface area contributed by atoms with Gasteiger partial charge >= 0.3 is 12.0 Å². The molecule has 7 heteroatoms. The number of carbonyl (C=O) groups is 1. The molecule has 18 heavy (non-hydrogen) atoms. The van der Waals surface area contributed by atoms with E-state index in [1.807, 2.05) is 5.32 Å². The number of ether oxygens (including phenoxy) is 1. The van der Waals surface area contributed by atoms with Gasteiger partial charge < -0.3 is 15.2 Å². The second-order valence-electron chi connectivity index (χ2n) is 4.08. The van der Waals surface area contributed by atoms with Crippen LogP contribution in [0.1, 0.15) is 17.2 Å². The highest BCUT2D eigenvalue weighted by Crippen LogP contribution is 2.40. The lowest BCUT2D eigenvalue weighted by Gasteiger charge is -2.32. The summed E-state index contributed by atoms with van der Waals surface area (Å²) in [5.74, 6) is -3.63. The van der Waals surface area contributed by atoms with E-state index in [1.54, 1.807) is 0 Å². The van der Waals surface area contributed by atoms with Crippen LogP contribution in [0.3, 0.4) is 0 Å². The average Bonchev–Trinajstić information content (AvgIpc) is 2.27. The first-order chi connectivity index (χ1) is 8.31. The molecule has 0 aliphatic carbocycles. The Morgan fingerprint density at radius 1 is 1.56 bits per heavy atom. The Hall–Kier alpha value is -1.56. The summed E-state index contributed by atoms with van der Waals surface area (Å²) >= 11 is 5.77. The highest BCUT2D eigenvalue weighted by molar-refractivity contribution is 6.30. The number of phenolic OH excluding ortho intramolecular Hbond substituents is 1. The minimum Gasteiger partial charge on any atom is -0.507 e. The molecule has 1 aromatic rings. The van der Waals surface area contributed by atoms with Crippen molar-refractivity contribution in [3.63, 3.8) is 0 Å². The fourth-order valence-electron chi connectivity index (χ4n) is 1.80. The Balaban J connectivity index is 2.49. The topological polar surface area (TPSA) is 58.6 Å². The van der Waals surface area contributed by atoms with Gasteiger partial charge in [0.2, 0.25) is 0 Å². The van der Waals surface area contributed by atoms with Crippen molar-refractivity contribution in [2.75, 3.05) is 6.61 Å². The molecule has 1 aliphatic rings. The number of nitrogens with one attached hydrogen (secondary N) is 1. The summed E-state index contributed by atoms with van der Waals surface area (Å²) in [4.78, 5) is 11.0. The van der Waals surface area contributed by atoms with E-state index in [4.69, 9.17) is 11.6 Å². The largest absolute Gasteiger partial charge is 0.507 e. The van der Waals surface area contributed by atoms with E-state index in [0.717, 1.165) is 0 Å². The van der Waals surface area contributed by atoms with E-state index in [9.17, 15) is 18.7 Å². The molecule has 2 rings (SSSR count). The summed E-state index contributed by atoms with van der Waals surface area (Å²) in [7, 11) is 0. The summed E-state index contributed by atoms with van der Waals surface area (Å²) in [6, 6.07) is 0.990. The minimum absolute atomic E-state index is 0.123. The van der Waals surface area contributed by atoms with E-state index in [-0.39, 0.29) is 16.3 Å². The van der Waals surface area contributed by atoms with Gasteiger partial charge in [-0.2, -0.15) is 0 Å². The molecule has 1 amide bonds. The van der Waals surface area contributed by atoms with Crippen molar-refractivity contribution in [2.45, 2.75) is 18.9 Å². The van der Waals surface area contributed by atoms with Crippen molar-refractivity contribution in [3.8, 4) is 5.75 Å². The van der Waals surface area contributed by atoms with Crippen LogP contribution in [-0.4, -0.2) is 23.7 Å². The van der Waals surface area contributed by atoms with Gasteiger partial charge in [0.25, 0.3) is 0 Å². The fourth-order valence-corrected chi connectivity index (χ4v) is 2.08. The monoisotopic (exact) mass is 277 g/mol. The number of alkyl carbamates (subject to hydrolysis) is 1. The molecule has 1 aliphatic heterocycles. The van der Waals surface area contributed by atoms with Gasteiger partial charge in [-0.15, -0.1) is 0 Å². The van der Waals surface area contributed by atoms with Crippen LogP contribution >= 0.6 is 11.6 Å². The van der Waals surface area contributed by atoms with Crippen molar-refractivity contribution in [1.82, 2.24) is 5.32 Å². The summed E-state index contributed by atoms with van der Waals surface area (Å²) < 4.78 is 31.6. The van der Waals surface area contributed by atoms with E-state index in [1.165, 1.54) is 19.1 Å². The quantitative estimate of drug-likeness (QED) is 0.830. The minimum atomic E-state index is -3.32. The third-order valence-electron chi connectivity index (χ3n) is 2.69. The summed E-state index contributed by atoms with van der Waals surface area (Å²) in [5.41, 5.74) is 0.232. The van der Waals surface area contributed by atoms with Gasteiger partial charge in [-0.1, -0.05) is 11.6 Å². The number of rotatable bonds is 1. The molecule has 0 bridgehead atoms.